The summed E-state index contributed by atoms with van der Waals surface area (Å²) in [6, 6.07) is 13.4. The average Bonchev–Trinajstić information content (AvgIpc) is 3.21. The van der Waals surface area contributed by atoms with Crippen LogP contribution in [0.4, 0.5) is 0 Å². The second kappa shape index (κ2) is 9.97. The Balaban J connectivity index is 1.38. The highest BCUT2D eigenvalue weighted by atomic mass is 32.2. The van der Waals surface area contributed by atoms with Crippen LogP contribution in [-0.2, 0) is 21.4 Å². The Morgan fingerprint density at radius 3 is 2.57 bits per heavy atom. The first-order chi connectivity index (χ1) is 13.5. The molecule has 1 aromatic heterocycles. The lowest BCUT2D eigenvalue weighted by Gasteiger charge is -2.32. The second-order valence-electron chi connectivity index (χ2n) is 6.79. The number of hydrogen-bond donors (Lipinski definition) is 2. The summed E-state index contributed by atoms with van der Waals surface area (Å²) >= 11 is 1.77. The topological polar surface area (TPSA) is 70.9 Å². The normalized spacial score (nSPS) is 15.9. The number of quaternary nitrogens is 1. The summed E-state index contributed by atoms with van der Waals surface area (Å²) in [4.78, 5) is 17.0. The number of nitrogens with one attached hydrogen (secondary N) is 2. The van der Waals surface area contributed by atoms with Crippen molar-refractivity contribution in [1.29, 1.82) is 0 Å². The molecule has 0 saturated carbocycles. The van der Waals surface area contributed by atoms with E-state index in [1.807, 2.05) is 35.2 Å². The number of sulfonamides is 1. The van der Waals surface area contributed by atoms with Gasteiger partial charge in [-0.15, -0.1) is 11.3 Å². The van der Waals surface area contributed by atoms with Crippen molar-refractivity contribution in [1.82, 2.24) is 9.62 Å². The number of rotatable bonds is 8. The summed E-state index contributed by atoms with van der Waals surface area (Å²) in [5, 5.41) is 3.23. The third-order valence-corrected chi connectivity index (χ3v) is 6.69. The quantitative estimate of drug-likeness (QED) is 0.668. The molecule has 0 aliphatic carbocycles. The van der Waals surface area contributed by atoms with Gasteiger partial charge in [0, 0.05) is 18.4 Å². The number of piperazine rings is 1. The lowest BCUT2D eigenvalue weighted by molar-refractivity contribution is -0.917. The van der Waals surface area contributed by atoms with E-state index in [0.29, 0.717) is 0 Å². The van der Waals surface area contributed by atoms with E-state index in [1.165, 1.54) is 9.78 Å². The van der Waals surface area contributed by atoms with Crippen LogP contribution in [0.15, 0.2) is 53.3 Å². The van der Waals surface area contributed by atoms with Gasteiger partial charge in [-0.25, -0.2) is 13.1 Å². The minimum atomic E-state index is -3.55. The minimum Gasteiger partial charge on any atom is -0.331 e. The fourth-order valence-electron chi connectivity index (χ4n) is 3.15. The fraction of sp³-hybridized carbons (Fsp3) is 0.350. The number of hydrogen-bond acceptors (Lipinski definition) is 4. The van der Waals surface area contributed by atoms with Gasteiger partial charge in [-0.3, -0.25) is 4.79 Å². The molecule has 0 unspecified atom stereocenters. The molecule has 1 aliphatic rings. The molecule has 28 heavy (non-hydrogen) atoms. The van der Waals surface area contributed by atoms with Crippen LogP contribution in [-0.4, -0.2) is 51.9 Å². The maximum absolute atomic E-state index is 12.4. The molecule has 0 atom stereocenters. The molecule has 150 valence electrons. The maximum Gasteiger partial charge on any atom is 0.233 e. The summed E-state index contributed by atoms with van der Waals surface area (Å²) in [6.45, 7) is 4.42. The van der Waals surface area contributed by atoms with Crippen molar-refractivity contribution >= 4 is 33.3 Å². The average molecular weight is 421 g/mol. The van der Waals surface area contributed by atoms with Crippen LogP contribution in [0.25, 0.3) is 6.08 Å². The first-order valence-corrected chi connectivity index (χ1v) is 11.8. The zero-order chi connectivity index (χ0) is 19.8. The van der Waals surface area contributed by atoms with Crippen molar-refractivity contribution in [2.24, 2.45) is 0 Å². The summed E-state index contributed by atoms with van der Waals surface area (Å²) in [5.74, 6) is 0.00455. The van der Waals surface area contributed by atoms with E-state index in [0.717, 1.165) is 43.7 Å². The van der Waals surface area contributed by atoms with Gasteiger partial charge in [-0.2, -0.15) is 0 Å². The van der Waals surface area contributed by atoms with Crippen molar-refractivity contribution in [3.8, 4) is 0 Å². The summed E-state index contributed by atoms with van der Waals surface area (Å²) < 4.78 is 26.5. The van der Waals surface area contributed by atoms with E-state index >= 15 is 0 Å². The minimum absolute atomic E-state index is 0.00455. The first kappa shape index (κ1) is 20.7. The molecule has 0 radical (unpaired) electrons. The third kappa shape index (κ3) is 6.56. The molecule has 1 amide bonds. The van der Waals surface area contributed by atoms with Crippen molar-refractivity contribution < 1.29 is 18.1 Å². The molecule has 6 nitrogen and oxygen atoms in total. The van der Waals surface area contributed by atoms with Crippen molar-refractivity contribution in [2.75, 3.05) is 32.7 Å². The number of benzene rings is 1. The molecule has 0 spiro atoms. The van der Waals surface area contributed by atoms with Gasteiger partial charge in [0.25, 0.3) is 0 Å². The van der Waals surface area contributed by atoms with E-state index in [2.05, 4.69) is 22.2 Å². The highest BCUT2D eigenvalue weighted by molar-refractivity contribution is 7.92. The first-order valence-electron chi connectivity index (χ1n) is 9.38. The van der Waals surface area contributed by atoms with Crippen LogP contribution in [0.1, 0.15) is 16.9 Å². The second-order valence-corrected chi connectivity index (χ2v) is 9.47. The fourth-order valence-corrected chi connectivity index (χ4v) is 4.74. The molecule has 2 N–H and O–H groups in total. The van der Waals surface area contributed by atoms with Crippen LogP contribution < -0.4 is 9.62 Å². The highest BCUT2D eigenvalue weighted by Crippen LogP contribution is 2.06. The van der Waals surface area contributed by atoms with Gasteiger partial charge in [0.15, 0.2) is 0 Å². The molecule has 1 aromatic carbocycles. The number of nitrogens with zero attached hydrogens (tertiary/aromatic N) is 1. The summed E-state index contributed by atoms with van der Waals surface area (Å²) in [6.07, 6.45) is 1.72. The van der Waals surface area contributed by atoms with Gasteiger partial charge < -0.3 is 9.80 Å². The Labute approximate surface area is 170 Å². The summed E-state index contributed by atoms with van der Waals surface area (Å²) in [5.41, 5.74) is 0.812. The molecule has 2 aromatic rings. The van der Waals surface area contributed by atoms with Gasteiger partial charge in [0.2, 0.25) is 15.9 Å². The Hall–Kier alpha value is -2.00. The Morgan fingerprint density at radius 2 is 1.89 bits per heavy atom. The Kier molecular flexibility index (Phi) is 7.38. The van der Waals surface area contributed by atoms with Crippen molar-refractivity contribution in [3.05, 3.63) is 63.7 Å². The number of amides is 1. The van der Waals surface area contributed by atoms with Crippen molar-refractivity contribution in [2.45, 2.75) is 13.0 Å². The lowest BCUT2D eigenvalue weighted by Crippen LogP contribution is -3.13. The smallest absolute Gasteiger partial charge is 0.233 e. The van der Waals surface area contributed by atoms with Crippen molar-refractivity contribution in [3.63, 3.8) is 0 Å². The van der Waals surface area contributed by atoms with Crippen LogP contribution in [0.5, 0.6) is 0 Å². The molecule has 0 bridgehead atoms. The van der Waals surface area contributed by atoms with Gasteiger partial charge in [0.05, 0.1) is 31.1 Å². The van der Waals surface area contributed by atoms with Crippen LogP contribution in [0.3, 0.4) is 0 Å². The predicted octanol–water partition coefficient (Wildman–Crippen LogP) is 0.956. The number of carbonyl (C=O) groups is 1. The third-order valence-electron chi connectivity index (χ3n) is 4.71. The molecular formula is C20H26N3O3S2+. The summed E-state index contributed by atoms with van der Waals surface area (Å²) in [7, 11) is -3.55. The molecule has 3 rings (SSSR count). The zero-order valence-corrected chi connectivity index (χ0v) is 17.3. The largest absolute Gasteiger partial charge is 0.331 e. The van der Waals surface area contributed by atoms with Crippen LogP contribution >= 0.6 is 11.3 Å². The molecule has 1 saturated heterocycles. The number of carbonyl (C=O) groups excluding carboxylic acids is 1. The SMILES string of the molecule is O=C(CCNS(=O)(=O)/C=C/c1ccccc1)N1CC[NH+](Cc2cccs2)CC1. The standard InChI is InChI=1S/C20H25N3O3S2/c24-20(23-13-11-22(12-14-23)17-19-7-4-15-27-19)8-10-21-28(25,26)16-9-18-5-2-1-3-6-18/h1-7,9,15-16,21H,8,10-14,17H2/p+1/b16-9+. The van der Waals surface area contributed by atoms with Crippen LogP contribution in [0, 0.1) is 0 Å². The monoisotopic (exact) mass is 420 g/mol. The molecule has 1 fully saturated rings. The molecule has 1 aliphatic heterocycles. The number of thiophene rings is 1. The maximum atomic E-state index is 12.4. The lowest BCUT2D eigenvalue weighted by atomic mass is 10.2. The van der Waals surface area contributed by atoms with Gasteiger partial charge in [0.1, 0.15) is 6.54 Å². The van der Waals surface area contributed by atoms with E-state index in [4.69, 9.17) is 0 Å². The van der Waals surface area contributed by atoms with Crippen LogP contribution in [0.2, 0.25) is 0 Å². The Bertz CT molecular complexity index is 873. The van der Waals surface area contributed by atoms with Gasteiger partial charge >= 0.3 is 0 Å². The predicted molar refractivity (Wildman–Crippen MR) is 112 cm³/mol. The molecule has 8 heteroatoms. The Morgan fingerprint density at radius 1 is 1.14 bits per heavy atom. The molecular weight excluding hydrogens is 394 g/mol. The highest BCUT2D eigenvalue weighted by Gasteiger charge is 2.23. The van der Waals surface area contributed by atoms with E-state index in [9.17, 15) is 13.2 Å². The zero-order valence-electron chi connectivity index (χ0n) is 15.7. The van der Waals surface area contributed by atoms with E-state index in [-0.39, 0.29) is 18.9 Å². The molecule has 2 heterocycles. The van der Waals surface area contributed by atoms with Gasteiger partial charge in [-0.1, -0.05) is 36.4 Å². The van der Waals surface area contributed by atoms with E-state index in [1.54, 1.807) is 17.4 Å². The van der Waals surface area contributed by atoms with Gasteiger partial charge in [-0.05, 0) is 23.1 Å². The van der Waals surface area contributed by atoms with E-state index < -0.39 is 10.0 Å².